The third-order valence-corrected chi connectivity index (χ3v) is 1.97. The highest BCUT2D eigenvalue weighted by molar-refractivity contribution is 5.33. The summed E-state index contributed by atoms with van der Waals surface area (Å²) in [6, 6.07) is 6.03. The Hall–Kier alpha value is -1.43. The summed E-state index contributed by atoms with van der Waals surface area (Å²) in [4.78, 5) is 0. The van der Waals surface area contributed by atoms with Gasteiger partial charge in [0.15, 0.2) is 0 Å². The van der Waals surface area contributed by atoms with E-state index >= 15 is 0 Å². The number of alkyl halides is 3. The number of hydrogen-bond acceptors (Lipinski definition) is 3. The SMILES string of the molecule is CCOc1cccc(OC(CN)C(F)(F)F)c1. The number of rotatable bonds is 5. The first kappa shape index (κ1) is 13.6. The van der Waals surface area contributed by atoms with E-state index in [1.54, 1.807) is 19.1 Å². The fourth-order valence-electron chi connectivity index (χ4n) is 1.22. The molecule has 0 aliphatic rings. The maximum absolute atomic E-state index is 12.4. The van der Waals surface area contributed by atoms with Crippen LogP contribution in [-0.2, 0) is 0 Å². The molecular weight excluding hydrogens is 235 g/mol. The Morgan fingerprint density at radius 1 is 1.29 bits per heavy atom. The van der Waals surface area contributed by atoms with Gasteiger partial charge < -0.3 is 15.2 Å². The maximum atomic E-state index is 12.4. The quantitative estimate of drug-likeness (QED) is 0.871. The van der Waals surface area contributed by atoms with Crippen LogP contribution in [0.1, 0.15) is 6.92 Å². The van der Waals surface area contributed by atoms with Crippen LogP contribution in [0.3, 0.4) is 0 Å². The molecule has 6 heteroatoms. The van der Waals surface area contributed by atoms with E-state index in [1.165, 1.54) is 12.1 Å². The van der Waals surface area contributed by atoms with Crippen LogP contribution in [0.25, 0.3) is 0 Å². The van der Waals surface area contributed by atoms with Crippen molar-refractivity contribution >= 4 is 0 Å². The molecule has 1 aromatic rings. The van der Waals surface area contributed by atoms with Crippen molar-refractivity contribution in [3.63, 3.8) is 0 Å². The van der Waals surface area contributed by atoms with Crippen LogP contribution >= 0.6 is 0 Å². The smallest absolute Gasteiger partial charge is 0.426 e. The largest absolute Gasteiger partial charge is 0.494 e. The highest BCUT2D eigenvalue weighted by Crippen LogP contribution is 2.26. The lowest BCUT2D eigenvalue weighted by atomic mass is 10.3. The first-order valence-corrected chi connectivity index (χ1v) is 5.13. The van der Waals surface area contributed by atoms with E-state index in [9.17, 15) is 13.2 Å². The van der Waals surface area contributed by atoms with Crippen LogP contribution in [0.15, 0.2) is 24.3 Å². The minimum atomic E-state index is -4.48. The third-order valence-electron chi connectivity index (χ3n) is 1.97. The van der Waals surface area contributed by atoms with Gasteiger partial charge in [-0.1, -0.05) is 6.07 Å². The van der Waals surface area contributed by atoms with Gasteiger partial charge in [0.05, 0.1) is 6.61 Å². The van der Waals surface area contributed by atoms with Crippen LogP contribution in [0.2, 0.25) is 0 Å². The van der Waals surface area contributed by atoms with Crippen molar-refractivity contribution in [1.82, 2.24) is 0 Å². The molecule has 0 bridgehead atoms. The lowest BCUT2D eigenvalue weighted by Gasteiger charge is -2.20. The highest BCUT2D eigenvalue weighted by atomic mass is 19.4. The van der Waals surface area contributed by atoms with E-state index in [0.717, 1.165) is 0 Å². The normalized spacial score (nSPS) is 13.2. The summed E-state index contributed by atoms with van der Waals surface area (Å²) in [5, 5.41) is 0. The fourth-order valence-corrected chi connectivity index (χ4v) is 1.22. The fraction of sp³-hybridized carbons (Fsp3) is 0.455. The summed E-state index contributed by atoms with van der Waals surface area (Å²) >= 11 is 0. The van der Waals surface area contributed by atoms with Gasteiger partial charge in [-0.25, -0.2) is 0 Å². The standard InChI is InChI=1S/C11H14F3NO2/c1-2-16-8-4-3-5-9(6-8)17-10(7-15)11(12,13)14/h3-6,10H,2,7,15H2,1H3. The molecule has 0 spiro atoms. The Morgan fingerprint density at radius 3 is 2.47 bits per heavy atom. The molecule has 1 unspecified atom stereocenters. The average molecular weight is 249 g/mol. The minimum absolute atomic E-state index is 0.0868. The molecule has 0 saturated carbocycles. The summed E-state index contributed by atoms with van der Waals surface area (Å²) in [6.07, 6.45) is -6.48. The van der Waals surface area contributed by atoms with Crippen molar-refractivity contribution in [2.45, 2.75) is 19.2 Å². The predicted octanol–water partition coefficient (Wildman–Crippen LogP) is 2.35. The van der Waals surface area contributed by atoms with Gasteiger partial charge in [0, 0.05) is 12.6 Å². The zero-order valence-electron chi connectivity index (χ0n) is 9.33. The zero-order chi connectivity index (χ0) is 12.9. The second kappa shape index (κ2) is 5.77. The Balaban J connectivity index is 2.76. The second-order valence-electron chi connectivity index (χ2n) is 3.29. The molecule has 0 amide bonds. The molecule has 3 nitrogen and oxygen atoms in total. The number of hydrogen-bond donors (Lipinski definition) is 1. The molecule has 1 rings (SSSR count). The van der Waals surface area contributed by atoms with Crippen molar-refractivity contribution in [1.29, 1.82) is 0 Å². The van der Waals surface area contributed by atoms with E-state index in [-0.39, 0.29) is 5.75 Å². The molecule has 0 saturated heterocycles. The Bertz CT molecular complexity index is 355. The first-order valence-electron chi connectivity index (χ1n) is 5.13. The van der Waals surface area contributed by atoms with Gasteiger partial charge in [-0.05, 0) is 19.1 Å². The van der Waals surface area contributed by atoms with Gasteiger partial charge in [0.2, 0.25) is 6.10 Å². The number of benzene rings is 1. The summed E-state index contributed by atoms with van der Waals surface area (Å²) in [7, 11) is 0. The van der Waals surface area contributed by atoms with Gasteiger partial charge >= 0.3 is 6.18 Å². The van der Waals surface area contributed by atoms with E-state index in [4.69, 9.17) is 15.2 Å². The van der Waals surface area contributed by atoms with Crippen LogP contribution in [0.4, 0.5) is 13.2 Å². The van der Waals surface area contributed by atoms with Crippen molar-refractivity contribution in [3.8, 4) is 11.5 Å². The molecule has 0 aliphatic heterocycles. The molecule has 1 atom stereocenters. The zero-order valence-corrected chi connectivity index (χ0v) is 9.33. The van der Waals surface area contributed by atoms with Crippen LogP contribution in [-0.4, -0.2) is 25.4 Å². The van der Waals surface area contributed by atoms with Crippen LogP contribution in [0, 0.1) is 0 Å². The lowest BCUT2D eigenvalue weighted by molar-refractivity contribution is -0.191. The van der Waals surface area contributed by atoms with Crippen molar-refractivity contribution in [2.24, 2.45) is 5.73 Å². The molecule has 0 aromatic heterocycles. The monoisotopic (exact) mass is 249 g/mol. The van der Waals surface area contributed by atoms with Crippen molar-refractivity contribution < 1.29 is 22.6 Å². The Labute approximate surface area is 97.3 Å². The predicted molar refractivity (Wildman–Crippen MR) is 57.1 cm³/mol. The number of halogens is 3. The summed E-state index contributed by atoms with van der Waals surface area (Å²) in [5.41, 5.74) is 5.03. The lowest BCUT2D eigenvalue weighted by Crippen LogP contribution is -2.40. The highest BCUT2D eigenvalue weighted by Gasteiger charge is 2.40. The third kappa shape index (κ3) is 4.14. The second-order valence-corrected chi connectivity index (χ2v) is 3.29. The molecule has 0 fully saturated rings. The van der Waals surface area contributed by atoms with Gasteiger partial charge in [-0.15, -0.1) is 0 Å². The molecule has 2 N–H and O–H groups in total. The van der Waals surface area contributed by atoms with E-state index in [1.807, 2.05) is 0 Å². The summed E-state index contributed by atoms with van der Waals surface area (Å²) in [5.74, 6) is 0.548. The van der Waals surface area contributed by atoms with Gasteiger partial charge in [-0.2, -0.15) is 13.2 Å². The Kier molecular flexibility index (Phi) is 4.62. The molecule has 0 radical (unpaired) electrons. The first-order chi connectivity index (χ1) is 7.97. The molecule has 0 heterocycles. The minimum Gasteiger partial charge on any atom is -0.494 e. The maximum Gasteiger partial charge on any atom is 0.426 e. The van der Waals surface area contributed by atoms with Gasteiger partial charge in [0.1, 0.15) is 11.5 Å². The van der Waals surface area contributed by atoms with Gasteiger partial charge in [-0.3, -0.25) is 0 Å². The summed E-state index contributed by atoms with van der Waals surface area (Å²) < 4.78 is 47.2. The molecule has 17 heavy (non-hydrogen) atoms. The van der Waals surface area contributed by atoms with Crippen LogP contribution < -0.4 is 15.2 Å². The van der Waals surface area contributed by atoms with Crippen molar-refractivity contribution in [2.75, 3.05) is 13.2 Å². The van der Waals surface area contributed by atoms with Crippen molar-refractivity contribution in [3.05, 3.63) is 24.3 Å². The molecule has 0 aliphatic carbocycles. The topological polar surface area (TPSA) is 44.5 Å². The molecule has 96 valence electrons. The number of nitrogens with two attached hydrogens (primary N) is 1. The van der Waals surface area contributed by atoms with Gasteiger partial charge in [0.25, 0.3) is 0 Å². The van der Waals surface area contributed by atoms with Crippen LogP contribution in [0.5, 0.6) is 11.5 Å². The Morgan fingerprint density at radius 2 is 1.94 bits per heavy atom. The molecular formula is C11H14F3NO2. The van der Waals surface area contributed by atoms with E-state index < -0.39 is 18.8 Å². The summed E-state index contributed by atoms with van der Waals surface area (Å²) in [6.45, 7) is 1.59. The molecule has 1 aromatic carbocycles. The number of ether oxygens (including phenoxy) is 2. The van der Waals surface area contributed by atoms with E-state index in [0.29, 0.717) is 12.4 Å². The average Bonchev–Trinajstić information content (AvgIpc) is 2.25. The van der Waals surface area contributed by atoms with E-state index in [2.05, 4.69) is 0 Å².